The fourth-order valence-electron chi connectivity index (χ4n) is 2.09. The van der Waals surface area contributed by atoms with E-state index in [1.165, 1.54) is 0 Å². The summed E-state index contributed by atoms with van der Waals surface area (Å²) < 4.78 is 20.6. The van der Waals surface area contributed by atoms with E-state index >= 15 is 0 Å². The van der Waals surface area contributed by atoms with Crippen LogP contribution in [-0.2, 0) is 23.7 Å². The van der Waals surface area contributed by atoms with Crippen LogP contribution in [0.3, 0.4) is 0 Å². The van der Waals surface area contributed by atoms with Crippen LogP contribution in [-0.4, -0.2) is 56.5 Å². The van der Waals surface area contributed by atoms with Gasteiger partial charge in [0.15, 0.2) is 6.29 Å². The number of hydrogen-bond acceptors (Lipinski definition) is 6. The summed E-state index contributed by atoms with van der Waals surface area (Å²) >= 11 is 0. The van der Waals surface area contributed by atoms with Gasteiger partial charge in [-0.15, -0.1) is 0 Å². The summed E-state index contributed by atoms with van der Waals surface area (Å²) in [6.07, 6.45) is 0.143. The molecule has 1 rings (SSSR count). The molecule has 19 heavy (non-hydrogen) atoms. The third-order valence-corrected chi connectivity index (χ3v) is 3.39. The number of carbonyl (C=O) groups excluding carboxylic acids is 1. The van der Waals surface area contributed by atoms with Gasteiger partial charge in [-0.1, -0.05) is 0 Å². The Morgan fingerprint density at radius 3 is 2.63 bits per heavy atom. The quantitative estimate of drug-likeness (QED) is 0.658. The van der Waals surface area contributed by atoms with Gasteiger partial charge < -0.3 is 24.1 Å². The highest BCUT2D eigenvalue weighted by atomic mass is 16.7. The van der Waals surface area contributed by atoms with Crippen LogP contribution in [0.2, 0.25) is 0 Å². The van der Waals surface area contributed by atoms with E-state index in [9.17, 15) is 4.79 Å². The van der Waals surface area contributed by atoms with Crippen LogP contribution in [0.1, 0.15) is 26.7 Å². The number of rotatable bonds is 8. The number of methoxy groups -OCH3 is 2. The van der Waals surface area contributed by atoms with E-state index in [-0.39, 0.29) is 24.6 Å². The number of carbonyl (C=O) groups is 1. The number of hydrogen-bond donors (Lipinski definition) is 1. The largest absolute Gasteiger partial charge is 0.462 e. The van der Waals surface area contributed by atoms with Gasteiger partial charge in [0.1, 0.15) is 12.2 Å². The zero-order valence-corrected chi connectivity index (χ0v) is 12.0. The van der Waals surface area contributed by atoms with Crippen molar-refractivity contribution in [3.8, 4) is 0 Å². The Labute approximate surface area is 114 Å². The van der Waals surface area contributed by atoms with Gasteiger partial charge in [0.25, 0.3) is 0 Å². The highest BCUT2D eigenvalue weighted by molar-refractivity contribution is 5.72. The molecule has 0 bridgehead atoms. The van der Waals surface area contributed by atoms with Crippen molar-refractivity contribution in [3.05, 3.63) is 0 Å². The van der Waals surface area contributed by atoms with Crippen LogP contribution in [0, 0.1) is 5.92 Å². The highest BCUT2D eigenvalue weighted by Gasteiger charge is 2.42. The van der Waals surface area contributed by atoms with Gasteiger partial charge in [-0.3, -0.25) is 4.79 Å². The van der Waals surface area contributed by atoms with Gasteiger partial charge in [-0.25, -0.2) is 0 Å². The lowest BCUT2D eigenvalue weighted by Gasteiger charge is -2.42. The van der Waals surface area contributed by atoms with Crippen molar-refractivity contribution >= 4 is 5.97 Å². The second kappa shape index (κ2) is 7.19. The molecule has 6 nitrogen and oxygen atoms in total. The van der Waals surface area contributed by atoms with Gasteiger partial charge in [-0.05, 0) is 20.3 Å². The minimum atomic E-state index is -0.741. The Bertz CT molecular complexity index is 287. The molecule has 6 heteroatoms. The van der Waals surface area contributed by atoms with Gasteiger partial charge in [-0.2, -0.15) is 0 Å². The molecule has 1 aliphatic heterocycles. The maximum absolute atomic E-state index is 11.9. The van der Waals surface area contributed by atoms with E-state index < -0.39 is 11.9 Å². The first-order chi connectivity index (χ1) is 8.91. The summed E-state index contributed by atoms with van der Waals surface area (Å²) in [4.78, 5) is 11.9. The summed E-state index contributed by atoms with van der Waals surface area (Å²) in [5.74, 6) is -0.692. The first kappa shape index (κ1) is 16.4. The van der Waals surface area contributed by atoms with E-state index in [1.54, 1.807) is 28.1 Å². The van der Waals surface area contributed by atoms with Crippen molar-refractivity contribution in [1.29, 1.82) is 0 Å². The van der Waals surface area contributed by atoms with Crippen molar-refractivity contribution in [3.63, 3.8) is 0 Å². The lowest BCUT2D eigenvalue weighted by atomic mass is 9.97. The third-order valence-electron chi connectivity index (χ3n) is 3.39. The molecular weight excluding hydrogens is 252 g/mol. The summed E-state index contributed by atoms with van der Waals surface area (Å²) in [5, 5.41) is 9.08. The van der Waals surface area contributed by atoms with Crippen molar-refractivity contribution in [2.75, 3.05) is 27.4 Å². The SMILES string of the molecule is COCC[C@H](OC)C(C)C(=O)OC[C@]1(C)CC(O)O1. The van der Waals surface area contributed by atoms with Crippen LogP contribution < -0.4 is 0 Å². The molecule has 4 atom stereocenters. The molecule has 2 unspecified atom stereocenters. The van der Waals surface area contributed by atoms with E-state index in [0.717, 1.165) is 0 Å². The Balaban J connectivity index is 2.34. The molecule has 1 aliphatic rings. The Kier molecular flexibility index (Phi) is 6.19. The van der Waals surface area contributed by atoms with Crippen molar-refractivity contribution in [2.45, 2.75) is 44.7 Å². The second-order valence-electron chi connectivity index (χ2n) is 5.18. The number of aliphatic hydroxyl groups excluding tert-OH is 1. The molecule has 1 heterocycles. The van der Waals surface area contributed by atoms with Crippen LogP contribution in [0.4, 0.5) is 0 Å². The van der Waals surface area contributed by atoms with Gasteiger partial charge in [0.2, 0.25) is 0 Å². The summed E-state index contributed by atoms with van der Waals surface area (Å²) in [7, 11) is 3.17. The minimum absolute atomic E-state index is 0.147. The molecular formula is C13H24O6. The standard InChI is InChI=1S/C13H24O6/c1-9(10(17-4)5-6-16-3)12(15)18-8-13(2)7-11(14)19-13/h9-11,14H,5-8H2,1-4H3/t9?,10-,11?,13-/m0/s1. The zero-order valence-electron chi connectivity index (χ0n) is 12.0. The lowest BCUT2D eigenvalue weighted by Crippen LogP contribution is -2.52. The Morgan fingerprint density at radius 2 is 2.16 bits per heavy atom. The van der Waals surface area contributed by atoms with Crippen LogP contribution in [0.5, 0.6) is 0 Å². The summed E-state index contributed by atoms with van der Waals surface area (Å²) in [5.41, 5.74) is -0.566. The topological polar surface area (TPSA) is 74.2 Å². The maximum atomic E-state index is 11.9. The fraction of sp³-hybridized carbons (Fsp3) is 0.923. The van der Waals surface area contributed by atoms with Crippen molar-refractivity contribution in [1.82, 2.24) is 0 Å². The minimum Gasteiger partial charge on any atom is -0.462 e. The predicted octanol–water partition coefficient (Wildman–Crippen LogP) is 0.715. The summed E-state index contributed by atoms with van der Waals surface area (Å²) in [6.45, 7) is 4.25. The molecule has 0 aliphatic carbocycles. The molecule has 1 N–H and O–H groups in total. The van der Waals surface area contributed by atoms with Gasteiger partial charge >= 0.3 is 5.97 Å². The Hall–Kier alpha value is -0.690. The lowest BCUT2D eigenvalue weighted by molar-refractivity contribution is -0.295. The molecule has 0 radical (unpaired) electrons. The van der Waals surface area contributed by atoms with Crippen molar-refractivity contribution in [2.24, 2.45) is 5.92 Å². The average molecular weight is 276 g/mol. The maximum Gasteiger partial charge on any atom is 0.311 e. The molecule has 0 aromatic carbocycles. The number of aliphatic hydroxyl groups is 1. The molecule has 1 fully saturated rings. The van der Waals surface area contributed by atoms with Crippen LogP contribution >= 0.6 is 0 Å². The van der Waals surface area contributed by atoms with E-state index in [1.807, 2.05) is 0 Å². The first-order valence-electron chi connectivity index (χ1n) is 6.46. The molecule has 0 spiro atoms. The van der Waals surface area contributed by atoms with Gasteiger partial charge in [0, 0.05) is 27.2 Å². The molecule has 1 saturated heterocycles. The van der Waals surface area contributed by atoms with Gasteiger partial charge in [0.05, 0.1) is 12.0 Å². The molecule has 0 amide bonds. The monoisotopic (exact) mass is 276 g/mol. The van der Waals surface area contributed by atoms with E-state index in [2.05, 4.69) is 0 Å². The van der Waals surface area contributed by atoms with Crippen molar-refractivity contribution < 1.29 is 28.8 Å². The number of ether oxygens (including phenoxy) is 4. The molecule has 0 aromatic rings. The smallest absolute Gasteiger partial charge is 0.311 e. The zero-order chi connectivity index (χ0) is 14.5. The Morgan fingerprint density at radius 1 is 1.53 bits per heavy atom. The van der Waals surface area contributed by atoms with Crippen LogP contribution in [0.25, 0.3) is 0 Å². The normalized spacial score (nSPS) is 29.4. The molecule has 112 valence electrons. The summed E-state index contributed by atoms with van der Waals surface area (Å²) in [6, 6.07) is 0. The number of esters is 1. The second-order valence-corrected chi connectivity index (χ2v) is 5.18. The first-order valence-corrected chi connectivity index (χ1v) is 6.46. The molecule has 0 saturated carbocycles. The third kappa shape index (κ3) is 4.72. The average Bonchev–Trinajstić information content (AvgIpc) is 2.35. The van der Waals surface area contributed by atoms with E-state index in [0.29, 0.717) is 19.4 Å². The van der Waals surface area contributed by atoms with E-state index in [4.69, 9.17) is 24.1 Å². The van der Waals surface area contributed by atoms with Crippen LogP contribution in [0.15, 0.2) is 0 Å². The highest BCUT2D eigenvalue weighted by Crippen LogP contribution is 2.31. The predicted molar refractivity (Wildman–Crippen MR) is 67.5 cm³/mol. The molecule has 0 aromatic heterocycles. The fourth-order valence-corrected chi connectivity index (χ4v) is 2.09.